The lowest BCUT2D eigenvalue weighted by Crippen LogP contribution is -2.41. The summed E-state index contributed by atoms with van der Waals surface area (Å²) in [5.41, 5.74) is 2.38. The second-order valence-corrected chi connectivity index (χ2v) is 7.57. The van der Waals surface area contributed by atoms with Gasteiger partial charge in [0.05, 0.1) is 24.3 Å². The first-order valence-corrected chi connectivity index (χ1v) is 10.2. The zero-order valence-corrected chi connectivity index (χ0v) is 16.5. The van der Waals surface area contributed by atoms with Crippen LogP contribution < -0.4 is 10.2 Å². The number of furan rings is 1. The summed E-state index contributed by atoms with van der Waals surface area (Å²) >= 11 is 1.50. The Hall–Kier alpha value is -3.03. The molecule has 0 spiro atoms. The predicted octanol–water partition coefficient (Wildman–Crippen LogP) is 4.07. The summed E-state index contributed by atoms with van der Waals surface area (Å²) in [5, 5.41) is 2.87. The van der Waals surface area contributed by atoms with E-state index in [1.807, 2.05) is 60.7 Å². The van der Waals surface area contributed by atoms with Crippen LogP contribution >= 0.6 is 11.8 Å². The molecule has 2 amide bonds. The summed E-state index contributed by atoms with van der Waals surface area (Å²) in [6.07, 6.45) is 1.61. The molecule has 29 heavy (non-hydrogen) atoms. The van der Waals surface area contributed by atoms with Crippen molar-refractivity contribution in [3.63, 3.8) is 0 Å². The van der Waals surface area contributed by atoms with Crippen LogP contribution in [0.4, 0.5) is 11.4 Å². The zero-order valence-electron chi connectivity index (χ0n) is 15.7. The van der Waals surface area contributed by atoms with Gasteiger partial charge in [0.15, 0.2) is 0 Å². The highest BCUT2D eigenvalue weighted by atomic mass is 32.2. The molecular formula is C22H20N2O4S. The molecule has 0 bridgehead atoms. The summed E-state index contributed by atoms with van der Waals surface area (Å²) in [6, 6.07) is 18.8. The van der Waals surface area contributed by atoms with Crippen LogP contribution in [0.5, 0.6) is 0 Å². The van der Waals surface area contributed by atoms with Crippen LogP contribution in [0.25, 0.3) is 0 Å². The lowest BCUT2D eigenvalue weighted by atomic mass is 10.2. The van der Waals surface area contributed by atoms with Crippen molar-refractivity contribution in [2.75, 3.05) is 22.5 Å². The van der Waals surface area contributed by atoms with E-state index in [1.54, 1.807) is 6.26 Å². The number of rotatable bonds is 7. The fourth-order valence-corrected chi connectivity index (χ4v) is 4.01. The van der Waals surface area contributed by atoms with Crippen LogP contribution in [-0.2, 0) is 27.5 Å². The van der Waals surface area contributed by atoms with Crippen LogP contribution in [0, 0.1) is 0 Å². The number of para-hydroxylation sites is 1. The Morgan fingerprint density at radius 1 is 1.10 bits per heavy atom. The lowest BCUT2D eigenvalue weighted by molar-refractivity contribution is -0.120. The minimum atomic E-state index is -0.242. The third-order valence-corrected chi connectivity index (χ3v) is 5.46. The topological polar surface area (TPSA) is 71.8 Å². The number of ether oxygens (including phenoxy) is 1. The van der Waals surface area contributed by atoms with Gasteiger partial charge in [-0.05, 0) is 42.0 Å². The Morgan fingerprint density at radius 2 is 2.00 bits per heavy atom. The highest BCUT2D eigenvalue weighted by molar-refractivity contribution is 8.00. The number of anilines is 2. The molecule has 2 aromatic carbocycles. The summed E-state index contributed by atoms with van der Waals surface area (Å²) in [6.45, 7) is 0.771. The van der Waals surface area contributed by atoms with Gasteiger partial charge in [-0.1, -0.05) is 24.3 Å². The largest absolute Gasteiger partial charge is 0.467 e. The van der Waals surface area contributed by atoms with Gasteiger partial charge in [-0.2, -0.15) is 0 Å². The number of benzene rings is 2. The van der Waals surface area contributed by atoms with Gasteiger partial charge in [-0.3, -0.25) is 9.59 Å². The van der Waals surface area contributed by atoms with Crippen molar-refractivity contribution < 1.29 is 18.7 Å². The molecule has 148 valence electrons. The van der Waals surface area contributed by atoms with Gasteiger partial charge in [0.1, 0.15) is 18.9 Å². The van der Waals surface area contributed by atoms with Gasteiger partial charge in [-0.25, -0.2) is 0 Å². The van der Waals surface area contributed by atoms with E-state index in [-0.39, 0.29) is 18.4 Å². The van der Waals surface area contributed by atoms with Crippen molar-refractivity contribution in [1.29, 1.82) is 0 Å². The average Bonchev–Trinajstić information content (AvgIpc) is 3.24. The van der Waals surface area contributed by atoms with Gasteiger partial charge >= 0.3 is 0 Å². The molecular weight excluding hydrogens is 388 g/mol. The summed E-state index contributed by atoms with van der Waals surface area (Å²) < 4.78 is 10.9. The third-order valence-electron chi connectivity index (χ3n) is 4.41. The smallest absolute Gasteiger partial charge is 0.244 e. The molecule has 0 saturated carbocycles. The summed E-state index contributed by atoms with van der Waals surface area (Å²) in [4.78, 5) is 27.4. The molecule has 1 aromatic heterocycles. The van der Waals surface area contributed by atoms with Crippen LogP contribution in [-0.4, -0.2) is 24.1 Å². The van der Waals surface area contributed by atoms with Crippen molar-refractivity contribution in [2.24, 2.45) is 0 Å². The molecule has 1 aliphatic heterocycles. The van der Waals surface area contributed by atoms with Crippen molar-refractivity contribution in [1.82, 2.24) is 0 Å². The maximum atomic E-state index is 12.6. The van der Waals surface area contributed by atoms with Gasteiger partial charge in [0.2, 0.25) is 11.8 Å². The Balaban J connectivity index is 1.35. The number of nitrogens with zero attached hydrogens (tertiary/aromatic N) is 1. The molecule has 0 aliphatic carbocycles. The van der Waals surface area contributed by atoms with E-state index in [9.17, 15) is 9.59 Å². The van der Waals surface area contributed by atoms with Crippen LogP contribution in [0.2, 0.25) is 0 Å². The molecule has 0 atom stereocenters. The predicted molar refractivity (Wildman–Crippen MR) is 112 cm³/mol. The van der Waals surface area contributed by atoms with E-state index < -0.39 is 0 Å². The minimum Gasteiger partial charge on any atom is -0.467 e. The number of carbonyl (C=O) groups is 2. The molecule has 0 fully saturated rings. The second-order valence-electron chi connectivity index (χ2n) is 6.56. The SMILES string of the molecule is O=C(CN1C(=O)CSc2ccccc21)Nc1cccc(COCc2ccco2)c1. The Kier molecular flexibility index (Phi) is 5.97. The normalized spacial score (nSPS) is 13.2. The lowest BCUT2D eigenvalue weighted by Gasteiger charge is -2.28. The summed E-state index contributed by atoms with van der Waals surface area (Å²) in [5.74, 6) is 0.795. The quantitative estimate of drug-likeness (QED) is 0.638. The van der Waals surface area contributed by atoms with Gasteiger partial charge in [-0.15, -0.1) is 11.8 Å². The number of nitrogens with one attached hydrogen (secondary N) is 1. The van der Waals surface area contributed by atoms with Gasteiger partial charge in [0, 0.05) is 10.6 Å². The maximum Gasteiger partial charge on any atom is 0.244 e. The van der Waals surface area contributed by atoms with E-state index in [4.69, 9.17) is 9.15 Å². The van der Waals surface area contributed by atoms with Crippen molar-refractivity contribution in [2.45, 2.75) is 18.1 Å². The minimum absolute atomic E-state index is 0.0182. The number of thioether (sulfide) groups is 1. The second kappa shape index (κ2) is 8.98. The van der Waals surface area contributed by atoms with Crippen LogP contribution in [0.3, 0.4) is 0 Å². The fraction of sp³-hybridized carbons (Fsp3) is 0.182. The van der Waals surface area contributed by atoms with Crippen molar-refractivity contribution in [3.05, 3.63) is 78.3 Å². The standard InChI is InChI=1S/C22H20N2O4S/c25-21(12-24-19-8-1-2-9-20(19)29-15-22(24)26)23-17-6-3-5-16(11-17)13-27-14-18-7-4-10-28-18/h1-11H,12-15H2,(H,23,25). The molecule has 4 rings (SSSR count). The monoisotopic (exact) mass is 408 g/mol. The van der Waals surface area contributed by atoms with Crippen LogP contribution in [0.15, 0.2) is 76.2 Å². The molecule has 0 unspecified atom stereocenters. The first kappa shape index (κ1) is 19.3. The van der Waals surface area contributed by atoms with E-state index >= 15 is 0 Å². The van der Waals surface area contributed by atoms with Crippen molar-refractivity contribution in [3.8, 4) is 0 Å². The Labute approximate surface area is 172 Å². The number of fused-ring (bicyclic) bond motifs is 1. The highest BCUT2D eigenvalue weighted by Gasteiger charge is 2.26. The third kappa shape index (κ3) is 4.88. The molecule has 0 saturated heterocycles. The highest BCUT2D eigenvalue weighted by Crippen LogP contribution is 2.34. The number of carbonyl (C=O) groups excluding carboxylic acids is 2. The molecule has 2 heterocycles. The average molecular weight is 408 g/mol. The number of hydrogen-bond donors (Lipinski definition) is 1. The molecule has 0 radical (unpaired) electrons. The van der Waals surface area contributed by atoms with E-state index in [0.717, 1.165) is 21.9 Å². The molecule has 7 heteroatoms. The molecule has 1 aliphatic rings. The van der Waals surface area contributed by atoms with E-state index in [2.05, 4.69) is 5.32 Å². The van der Waals surface area contributed by atoms with Gasteiger partial charge in [0.25, 0.3) is 0 Å². The van der Waals surface area contributed by atoms with E-state index in [1.165, 1.54) is 16.7 Å². The first-order chi connectivity index (χ1) is 14.2. The first-order valence-electron chi connectivity index (χ1n) is 9.20. The Morgan fingerprint density at radius 3 is 2.86 bits per heavy atom. The zero-order chi connectivity index (χ0) is 20.1. The Bertz CT molecular complexity index is 1000. The molecule has 1 N–H and O–H groups in total. The number of hydrogen-bond acceptors (Lipinski definition) is 5. The number of amides is 2. The summed E-state index contributed by atoms with van der Waals surface area (Å²) in [7, 11) is 0. The van der Waals surface area contributed by atoms with Crippen LogP contribution in [0.1, 0.15) is 11.3 Å². The molecule has 3 aromatic rings. The van der Waals surface area contributed by atoms with E-state index in [0.29, 0.717) is 24.7 Å². The van der Waals surface area contributed by atoms with Crippen molar-refractivity contribution >= 4 is 35.0 Å². The maximum absolute atomic E-state index is 12.6. The fourth-order valence-electron chi connectivity index (χ4n) is 3.07. The van der Waals surface area contributed by atoms with Gasteiger partial charge < -0.3 is 19.4 Å². The molecule has 6 nitrogen and oxygen atoms in total.